The molecule has 2 heterocycles. The van der Waals surface area contributed by atoms with Gasteiger partial charge in [0.15, 0.2) is 0 Å². The summed E-state index contributed by atoms with van der Waals surface area (Å²) in [5.41, 5.74) is 2.78. The Bertz CT molecular complexity index is 702. The Balaban J connectivity index is 1.75. The summed E-state index contributed by atoms with van der Waals surface area (Å²) in [6.07, 6.45) is 2.31. The maximum Gasteiger partial charge on any atom is 0.234 e. The van der Waals surface area contributed by atoms with E-state index in [0.717, 1.165) is 17.1 Å². The molecule has 0 radical (unpaired) electrons. The molecular formula is C17H21FN4O. The van der Waals surface area contributed by atoms with Crippen LogP contribution in [0.5, 0.6) is 0 Å². The van der Waals surface area contributed by atoms with Gasteiger partial charge in [0.2, 0.25) is 5.91 Å². The summed E-state index contributed by atoms with van der Waals surface area (Å²) in [6.45, 7) is 4.40. The van der Waals surface area contributed by atoms with Crippen LogP contribution in [-0.2, 0) is 4.79 Å². The van der Waals surface area contributed by atoms with Gasteiger partial charge in [0.05, 0.1) is 17.4 Å². The number of halogens is 1. The first-order valence-electron chi connectivity index (χ1n) is 7.75. The molecule has 2 aromatic rings. The number of nitrogens with zero attached hydrogens (tertiary/aromatic N) is 2. The van der Waals surface area contributed by atoms with Gasteiger partial charge in [-0.05, 0) is 51.1 Å². The van der Waals surface area contributed by atoms with Gasteiger partial charge in [-0.1, -0.05) is 0 Å². The zero-order chi connectivity index (χ0) is 16.4. The number of aryl methyl sites for hydroxylation is 1. The molecule has 1 atom stereocenters. The molecule has 1 saturated heterocycles. The molecule has 122 valence electrons. The minimum absolute atomic E-state index is 0.257. The van der Waals surface area contributed by atoms with Crippen molar-refractivity contribution >= 4 is 11.6 Å². The van der Waals surface area contributed by atoms with Crippen LogP contribution in [0.25, 0.3) is 5.69 Å². The van der Waals surface area contributed by atoms with Crippen LogP contribution >= 0.6 is 0 Å². The Morgan fingerprint density at radius 2 is 2.13 bits per heavy atom. The molecule has 1 aromatic heterocycles. The van der Waals surface area contributed by atoms with Gasteiger partial charge < -0.3 is 15.2 Å². The number of amides is 1. The molecule has 3 rings (SSSR count). The maximum absolute atomic E-state index is 13.3. The van der Waals surface area contributed by atoms with Crippen LogP contribution in [0.3, 0.4) is 0 Å². The normalized spacial score (nSPS) is 20.7. The van der Waals surface area contributed by atoms with Crippen molar-refractivity contribution in [1.82, 2.24) is 14.9 Å². The van der Waals surface area contributed by atoms with Crippen molar-refractivity contribution < 1.29 is 9.18 Å². The number of nitrogens with one attached hydrogen (secondary N) is 2. The molecule has 1 aliphatic rings. The zero-order valence-corrected chi connectivity index (χ0v) is 13.4. The summed E-state index contributed by atoms with van der Waals surface area (Å²) in [5.74, 6) is -0.257. The van der Waals surface area contributed by atoms with Crippen LogP contribution in [0.4, 0.5) is 10.1 Å². The average molecular weight is 316 g/mol. The number of imidazole rings is 1. The number of carbonyl (C=O) groups is 1. The van der Waals surface area contributed by atoms with Crippen LogP contribution in [0.1, 0.15) is 17.8 Å². The Kier molecular flexibility index (Phi) is 4.17. The average Bonchev–Trinajstić information content (AvgIpc) is 3.17. The van der Waals surface area contributed by atoms with Crippen molar-refractivity contribution in [3.63, 3.8) is 0 Å². The topological polar surface area (TPSA) is 59.0 Å². The molecule has 1 fully saturated rings. The van der Waals surface area contributed by atoms with Crippen molar-refractivity contribution in [3.8, 4) is 5.69 Å². The van der Waals surface area contributed by atoms with E-state index in [-0.39, 0.29) is 5.91 Å². The summed E-state index contributed by atoms with van der Waals surface area (Å²) in [6, 6.07) is 7.49. The lowest BCUT2D eigenvalue weighted by molar-refractivity contribution is -0.125. The van der Waals surface area contributed by atoms with E-state index in [0.29, 0.717) is 25.2 Å². The zero-order valence-electron chi connectivity index (χ0n) is 13.4. The standard InChI is InChI=1S/C17H21FN4O/c1-12-13(2)22(11-20-12)15-5-3-14(4-6-15)21-16(23)17(9-18)7-8-19-10-17/h3-6,11,19H,7-10H2,1-2H3,(H,21,23). The Hall–Kier alpha value is -2.21. The number of hydrogen-bond acceptors (Lipinski definition) is 3. The van der Waals surface area contributed by atoms with E-state index in [9.17, 15) is 9.18 Å². The molecule has 2 N–H and O–H groups in total. The fourth-order valence-electron chi connectivity index (χ4n) is 2.84. The molecule has 1 amide bonds. The van der Waals surface area contributed by atoms with Crippen LogP contribution in [0.15, 0.2) is 30.6 Å². The molecule has 0 aliphatic carbocycles. The van der Waals surface area contributed by atoms with Crippen LogP contribution in [0, 0.1) is 19.3 Å². The van der Waals surface area contributed by atoms with Gasteiger partial charge in [0.1, 0.15) is 6.67 Å². The van der Waals surface area contributed by atoms with Gasteiger partial charge in [-0.15, -0.1) is 0 Å². The number of anilines is 1. The molecule has 0 saturated carbocycles. The second-order valence-corrected chi connectivity index (χ2v) is 6.13. The highest BCUT2D eigenvalue weighted by Gasteiger charge is 2.41. The van der Waals surface area contributed by atoms with E-state index in [4.69, 9.17) is 0 Å². The van der Waals surface area contributed by atoms with E-state index >= 15 is 0 Å². The Morgan fingerprint density at radius 1 is 1.39 bits per heavy atom. The highest BCUT2D eigenvalue weighted by Crippen LogP contribution is 2.28. The van der Waals surface area contributed by atoms with Gasteiger partial charge in [-0.3, -0.25) is 4.79 Å². The largest absolute Gasteiger partial charge is 0.325 e. The fraction of sp³-hybridized carbons (Fsp3) is 0.412. The molecule has 1 aliphatic heterocycles. The SMILES string of the molecule is Cc1ncn(-c2ccc(NC(=O)C3(CF)CCNC3)cc2)c1C. The monoisotopic (exact) mass is 316 g/mol. The lowest BCUT2D eigenvalue weighted by Crippen LogP contribution is -2.40. The summed E-state index contributed by atoms with van der Waals surface area (Å²) < 4.78 is 15.3. The van der Waals surface area contributed by atoms with Crippen LogP contribution in [0.2, 0.25) is 0 Å². The Morgan fingerprint density at radius 3 is 2.65 bits per heavy atom. The smallest absolute Gasteiger partial charge is 0.234 e. The van der Waals surface area contributed by atoms with E-state index in [2.05, 4.69) is 15.6 Å². The third-order valence-corrected chi connectivity index (χ3v) is 4.64. The lowest BCUT2D eigenvalue weighted by atomic mass is 9.87. The van der Waals surface area contributed by atoms with Crippen molar-refractivity contribution in [3.05, 3.63) is 42.0 Å². The number of rotatable bonds is 4. The quantitative estimate of drug-likeness (QED) is 0.910. The van der Waals surface area contributed by atoms with Gasteiger partial charge in [0, 0.05) is 23.6 Å². The van der Waals surface area contributed by atoms with Gasteiger partial charge >= 0.3 is 0 Å². The molecule has 23 heavy (non-hydrogen) atoms. The van der Waals surface area contributed by atoms with E-state index in [1.807, 2.05) is 42.7 Å². The second-order valence-electron chi connectivity index (χ2n) is 6.13. The summed E-state index contributed by atoms with van der Waals surface area (Å²) in [5, 5.41) is 5.89. The van der Waals surface area contributed by atoms with E-state index < -0.39 is 12.1 Å². The molecule has 6 heteroatoms. The van der Waals surface area contributed by atoms with E-state index in [1.54, 1.807) is 6.33 Å². The first-order valence-corrected chi connectivity index (χ1v) is 7.75. The first kappa shape index (κ1) is 15.7. The van der Waals surface area contributed by atoms with Crippen LogP contribution in [-0.4, -0.2) is 35.2 Å². The van der Waals surface area contributed by atoms with Crippen molar-refractivity contribution in [2.45, 2.75) is 20.3 Å². The maximum atomic E-state index is 13.3. The van der Waals surface area contributed by atoms with Gasteiger partial charge in [-0.25, -0.2) is 9.37 Å². The summed E-state index contributed by atoms with van der Waals surface area (Å²) >= 11 is 0. The molecular weight excluding hydrogens is 295 g/mol. The van der Waals surface area contributed by atoms with Crippen molar-refractivity contribution in [2.24, 2.45) is 5.41 Å². The van der Waals surface area contributed by atoms with Crippen molar-refractivity contribution in [2.75, 3.05) is 25.1 Å². The van der Waals surface area contributed by atoms with Crippen LogP contribution < -0.4 is 10.6 Å². The summed E-state index contributed by atoms with van der Waals surface area (Å²) in [4.78, 5) is 16.7. The fourth-order valence-corrected chi connectivity index (χ4v) is 2.84. The number of benzene rings is 1. The van der Waals surface area contributed by atoms with Gasteiger partial charge in [-0.2, -0.15) is 0 Å². The van der Waals surface area contributed by atoms with E-state index in [1.165, 1.54) is 0 Å². The number of aromatic nitrogens is 2. The van der Waals surface area contributed by atoms with Gasteiger partial charge in [0.25, 0.3) is 0 Å². The number of hydrogen-bond donors (Lipinski definition) is 2. The molecule has 0 spiro atoms. The molecule has 0 bridgehead atoms. The first-order chi connectivity index (χ1) is 11.1. The minimum Gasteiger partial charge on any atom is -0.325 e. The predicted octanol–water partition coefficient (Wildman–Crippen LogP) is 2.38. The second kappa shape index (κ2) is 6.12. The third-order valence-electron chi connectivity index (χ3n) is 4.64. The molecule has 5 nitrogen and oxygen atoms in total. The summed E-state index contributed by atoms with van der Waals surface area (Å²) in [7, 11) is 0. The predicted molar refractivity (Wildman–Crippen MR) is 87.6 cm³/mol. The lowest BCUT2D eigenvalue weighted by Gasteiger charge is -2.23. The highest BCUT2D eigenvalue weighted by atomic mass is 19.1. The third kappa shape index (κ3) is 2.86. The van der Waals surface area contributed by atoms with Crippen molar-refractivity contribution in [1.29, 1.82) is 0 Å². The number of alkyl halides is 1. The number of carbonyl (C=O) groups excluding carboxylic acids is 1. The molecule has 1 unspecified atom stereocenters. The highest BCUT2D eigenvalue weighted by molar-refractivity contribution is 5.96. The Labute approximate surface area is 134 Å². The molecule has 1 aromatic carbocycles. The minimum atomic E-state index is -0.934.